The molecule has 2 aromatic rings. The number of hydrogen-bond donors (Lipinski definition) is 3. The fourth-order valence-corrected chi connectivity index (χ4v) is 4.91. The Kier molecular flexibility index (Phi) is 5.96. The molecule has 1 aliphatic heterocycles. The minimum atomic E-state index is -3.04. The highest BCUT2D eigenvalue weighted by molar-refractivity contribution is 6.48. The number of halogens is 5. The monoisotopic (exact) mass is 503 g/mol. The summed E-state index contributed by atoms with van der Waals surface area (Å²) in [6, 6.07) is 3.58. The van der Waals surface area contributed by atoms with Crippen LogP contribution in [-0.2, 0) is 17.8 Å². The third kappa shape index (κ3) is 4.22. The Morgan fingerprint density at radius 1 is 1.18 bits per heavy atom. The van der Waals surface area contributed by atoms with Crippen LogP contribution in [-0.4, -0.2) is 45.3 Å². The van der Waals surface area contributed by atoms with Crippen molar-refractivity contribution >= 4 is 46.5 Å². The molecule has 2 aliphatic rings. The number of carbonyl (C=O) groups is 3. The van der Waals surface area contributed by atoms with Gasteiger partial charge in [-0.1, -0.05) is 23.2 Å². The molecule has 176 valence electrons. The Balaban J connectivity index is 1.60. The van der Waals surface area contributed by atoms with E-state index in [4.69, 9.17) is 23.2 Å². The Hall–Kier alpha value is -2.56. The van der Waals surface area contributed by atoms with Crippen LogP contribution < -0.4 is 10.6 Å². The second kappa shape index (κ2) is 8.34. The van der Waals surface area contributed by atoms with Crippen molar-refractivity contribution in [3.05, 3.63) is 51.0 Å². The van der Waals surface area contributed by atoms with Crippen LogP contribution in [0.5, 0.6) is 0 Å². The Morgan fingerprint density at radius 3 is 2.48 bits per heavy atom. The Morgan fingerprint density at radius 2 is 1.88 bits per heavy atom. The quantitative estimate of drug-likeness (QED) is 0.414. The molecule has 12 heteroatoms. The van der Waals surface area contributed by atoms with Gasteiger partial charge in [-0.2, -0.15) is 0 Å². The summed E-state index contributed by atoms with van der Waals surface area (Å²) in [7, 11) is 0. The molecule has 4 rings (SSSR count). The van der Waals surface area contributed by atoms with Gasteiger partial charge in [0.05, 0.1) is 27.8 Å². The number of carbonyl (C=O) groups excluding carboxylic acids is 3. The minimum absolute atomic E-state index is 0.0159. The summed E-state index contributed by atoms with van der Waals surface area (Å²) >= 11 is 12.1. The number of fused-ring (bicyclic) bond motifs is 1. The summed E-state index contributed by atoms with van der Waals surface area (Å²) in [4.78, 5) is 38.4. The van der Waals surface area contributed by atoms with Gasteiger partial charge in [-0.25, -0.2) is 13.2 Å². The molecule has 0 bridgehead atoms. The van der Waals surface area contributed by atoms with Crippen LogP contribution in [0.2, 0.25) is 10.0 Å². The molecular weight excluding hydrogens is 486 g/mol. The van der Waals surface area contributed by atoms with Gasteiger partial charge in [0, 0.05) is 30.8 Å². The number of benzene rings is 1. The molecule has 2 heterocycles. The molecule has 1 fully saturated rings. The molecule has 7 nitrogen and oxygen atoms in total. The largest absolute Gasteiger partial charge is 0.394 e. The van der Waals surface area contributed by atoms with Crippen molar-refractivity contribution in [2.75, 3.05) is 11.9 Å². The van der Waals surface area contributed by atoms with Crippen molar-refractivity contribution in [3.63, 3.8) is 0 Å². The zero-order valence-corrected chi connectivity index (χ0v) is 18.5. The van der Waals surface area contributed by atoms with E-state index in [9.17, 15) is 32.7 Å². The van der Waals surface area contributed by atoms with Crippen LogP contribution in [0.4, 0.5) is 18.9 Å². The van der Waals surface area contributed by atoms with E-state index < -0.39 is 54.3 Å². The highest BCUT2D eigenvalue weighted by atomic mass is 35.5. The first-order valence-corrected chi connectivity index (χ1v) is 10.8. The number of anilines is 1. The van der Waals surface area contributed by atoms with E-state index >= 15 is 0 Å². The van der Waals surface area contributed by atoms with Gasteiger partial charge in [0.25, 0.3) is 23.5 Å². The van der Waals surface area contributed by atoms with E-state index in [1.807, 2.05) is 0 Å². The van der Waals surface area contributed by atoms with Crippen molar-refractivity contribution < 1.29 is 32.7 Å². The molecule has 0 saturated heterocycles. The standard InChI is InChI=1S/C21H18Cl2F3N3O4/c22-11-6-10(3-4-12(11)24)27-18(32)14-13-2-1-5-29(13)16(15(14)23)17(31)19(33)28-20(9-30)7-21(25,26)8-20/h3-4,6,30H,1-2,5,7-9H2,(H,27,32)(H,28,33). The number of aliphatic hydroxyl groups is 1. The first-order valence-electron chi connectivity index (χ1n) is 10.00. The molecule has 1 saturated carbocycles. The van der Waals surface area contributed by atoms with Gasteiger partial charge in [-0.05, 0) is 31.0 Å². The number of aromatic nitrogens is 1. The molecule has 1 aromatic carbocycles. The van der Waals surface area contributed by atoms with E-state index in [2.05, 4.69) is 10.6 Å². The summed E-state index contributed by atoms with van der Waals surface area (Å²) < 4.78 is 41.5. The van der Waals surface area contributed by atoms with E-state index in [1.165, 1.54) is 16.7 Å². The predicted octanol–water partition coefficient (Wildman–Crippen LogP) is 3.59. The molecular formula is C21H18Cl2F3N3O4. The SMILES string of the molecule is O=C(NC1(CO)CC(F)(F)C1)C(=O)c1c(Cl)c(C(=O)Nc2ccc(F)c(Cl)c2)c2n1CCC2. The molecule has 2 amide bonds. The third-order valence-electron chi connectivity index (χ3n) is 5.81. The van der Waals surface area contributed by atoms with Gasteiger partial charge in [-0.15, -0.1) is 0 Å². The van der Waals surface area contributed by atoms with Gasteiger partial charge in [-0.3, -0.25) is 14.4 Å². The van der Waals surface area contributed by atoms with Crippen LogP contribution in [0, 0.1) is 5.82 Å². The number of alkyl halides is 2. The fraction of sp³-hybridized carbons (Fsp3) is 0.381. The summed E-state index contributed by atoms with van der Waals surface area (Å²) in [5.41, 5.74) is -1.21. The van der Waals surface area contributed by atoms with Crippen molar-refractivity contribution in [2.24, 2.45) is 0 Å². The summed E-state index contributed by atoms with van der Waals surface area (Å²) in [6.45, 7) is -0.433. The van der Waals surface area contributed by atoms with Crippen LogP contribution in [0.1, 0.15) is 45.8 Å². The molecule has 0 unspecified atom stereocenters. The number of Topliss-reactive ketones (excluding diaryl/α,β-unsaturated/α-hetero) is 1. The molecule has 1 aromatic heterocycles. The van der Waals surface area contributed by atoms with E-state index in [-0.39, 0.29) is 27.0 Å². The molecule has 0 atom stereocenters. The number of hydrogen-bond acceptors (Lipinski definition) is 4. The lowest BCUT2D eigenvalue weighted by molar-refractivity contribution is -0.154. The van der Waals surface area contributed by atoms with Gasteiger partial charge in [0.2, 0.25) is 0 Å². The highest BCUT2D eigenvalue weighted by Gasteiger charge is 2.57. The van der Waals surface area contributed by atoms with Gasteiger partial charge >= 0.3 is 0 Å². The van der Waals surface area contributed by atoms with Crippen LogP contribution in [0.25, 0.3) is 0 Å². The summed E-state index contributed by atoms with van der Waals surface area (Å²) in [6.07, 6.45) is -0.578. The number of nitrogens with one attached hydrogen (secondary N) is 2. The smallest absolute Gasteiger partial charge is 0.294 e. The molecule has 0 spiro atoms. The average molecular weight is 504 g/mol. The topological polar surface area (TPSA) is 100 Å². The Labute approximate surface area is 195 Å². The second-order valence-electron chi connectivity index (χ2n) is 8.25. The van der Waals surface area contributed by atoms with Crippen molar-refractivity contribution in [1.82, 2.24) is 9.88 Å². The molecule has 33 heavy (non-hydrogen) atoms. The molecule has 3 N–H and O–H groups in total. The van der Waals surface area contributed by atoms with Crippen molar-refractivity contribution in [2.45, 2.75) is 43.7 Å². The van der Waals surface area contributed by atoms with Gasteiger partial charge < -0.3 is 20.3 Å². The third-order valence-corrected chi connectivity index (χ3v) is 6.47. The average Bonchev–Trinajstić information content (AvgIpc) is 3.27. The number of nitrogens with zero attached hydrogens (tertiary/aromatic N) is 1. The summed E-state index contributed by atoms with van der Waals surface area (Å²) in [5, 5.41) is 13.7. The maximum atomic E-state index is 13.4. The number of ketones is 1. The first-order chi connectivity index (χ1) is 15.5. The van der Waals surface area contributed by atoms with Gasteiger partial charge in [0.1, 0.15) is 11.5 Å². The highest BCUT2D eigenvalue weighted by Crippen LogP contribution is 2.45. The normalized spacial score (nSPS) is 17.8. The minimum Gasteiger partial charge on any atom is -0.394 e. The fourth-order valence-electron chi connectivity index (χ4n) is 4.35. The van der Waals surface area contributed by atoms with Crippen molar-refractivity contribution in [1.29, 1.82) is 0 Å². The first kappa shape index (κ1) is 23.6. The second-order valence-corrected chi connectivity index (χ2v) is 9.04. The Bertz CT molecular complexity index is 1170. The van der Waals surface area contributed by atoms with E-state index in [0.717, 1.165) is 6.07 Å². The maximum absolute atomic E-state index is 13.4. The predicted molar refractivity (Wildman–Crippen MR) is 114 cm³/mol. The summed E-state index contributed by atoms with van der Waals surface area (Å²) in [5.74, 6) is -6.69. The number of aliphatic hydroxyl groups excluding tert-OH is 1. The lowest BCUT2D eigenvalue weighted by Gasteiger charge is -2.46. The van der Waals surface area contributed by atoms with Crippen molar-refractivity contribution in [3.8, 4) is 0 Å². The number of rotatable bonds is 6. The van der Waals surface area contributed by atoms with E-state index in [1.54, 1.807) is 0 Å². The number of amides is 2. The lowest BCUT2D eigenvalue weighted by Crippen LogP contribution is -2.65. The lowest BCUT2D eigenvalue weighted by atomic mass is 9.74. The van der Waals surface area contributed by atoms with Crippen LogP contribution >= 0.6 is 23.2 Å². The van der Waals surface area contributed by atoms with Gasteiger partial charge in [0.15, 0.2) is 0 Å². The maximum Gasteiger partial charge on any atom is 0.294 e. The molecule has 1 aliphatic carbocycles. The van der Waals surface area contributed by atoms with E-state index in [0.29, 0.717) is 25.1 Å². The van der Waals surface area contributed by atoms with Crippen LogP contribution in [0.3, 0.4) is 0 Å². The molecule has 0 radical (unpaired) electrons. The zero-order chi connectivity index (χ0) is 24.1. The van der Waals surface area contributed by atoms with Crippen LogP contribution in [0.15, 0.2) is 18.2 Å². The zero-order valence-electron chi connectivity index (χ0n) is 17.0.